The van der Waals surface area contributed by atoms with E-state index in [0.29, 0.717) is 28.6 Å². The summed E-state index contributed by atoms with van der Waals surface area (Å²) in [5.41, 5.74) is 1.33. The molecule has 5 nitrogen and oxygen atoms in total. The molecular formula is C15H14O5. The highest BCUT2D eigenvalue weighted by Gasteiger charge is 2.26. The van der Waals surface area contributed by atoms with Gasteiger partial charge in [0.25, 0.3) is 0 Å². The van der Waals surface area contributed by atoms with Gasteiger partial charge in [-0.15, -0.1) is 0 Å². The minimum atomic E-state index is 0.0688. The molecule has 2 aromatic carbocycles. The van der Waals surface area contributed by atoms with Crippen LogP contribution in [0.15, 0.2) is 30.3 Å². The smallest absolute Gasteiger partial charge is 0.231 e. The molecule has 0 atom stereocenters. The number of fused-ring (bicyclic) bond motifs is 1. The van der Waals surface area contributed by atoms with Crippen molar-refractivity contribution in [3.8, 4) is 39.9 Å². The van der Waals surface area contributed by atoms with Crippen LogP contribution in [0.3, 0.4) is 0 Å². The Bertz CT molecular complexity index is 651. The third-order valence-electron chi connectivity index (χ3n) is 3.16. The summed E-state index contributed by atoms with van der Waals surface area (Å²) >= 11 is 0. The summed E-state index contributed by atoms with van der Waals surface area (Å²) in [6.45, 7) is 0.118. The Balaban J connectivity index is 2.22. The second kappa shape index (κ2) is 4.85. The van der Waals surface area contributed by atoms with E-state index in [1.54, 1.807) is 7.11 Å². The lowest BCUT2D eigenvalue weighted by Gasteiger charge is -2.13. The fraction of sp³-hybridized carbons (Fsp3) is 0.200. The van der Waals surface area contributed by atoms with Crippen LogP contribution in [-0.2, 0) is 0 Å². The summed E-state index contributed by atoms with van der Waals surface area (Å²) in [4.78, 5) is 0. The lowest BCUT2D eigenvalue weighted by molar-refractivity contribution is 0.171. The first-order valence-electron chi connectivity index (χ1n) is 6.08. The Hall–Kier alpha value is -2.56. The first kappa shape index (κ1) is 12.5. The van der Waals surface area contributed by atoms with Crippen molar-refractivity contribution in [3.63, 3.8) is 0 Å². The molecule has 0 aromatic heterocycles. The van der Waals surface area contributed by atoms with Gasteiger partial charge in [0, 0.05) is 6.07 Å². The molecule has 1 N–H and O–H groups in total. The Labute approximate surface area is 116 Å². The van der Waals surface area contributed by atoms with Crippen LogP contribution in [0.2, 0.25) is 0 Å². The van der Waals surface area contributed by atoms with Crippen LogP contribution in [0, 0.1) is 0 Å². The molecule has 0 fully saturated rings. The second-order valence-electron chi connectivity index (χ2n) is 4.27. The number of rotatable bonds is 3. The molecule has 1 aliphatic rings. The highest BCUT2D eigenvalue weighted by atomic mass is 16.7. The van der Waals surface area contributed by atoms with E-state index in [1.165, 1.54) is 13.2 Å². The van der Waals surface area contributed by atoms with Gasteiger partial charge in [0.05, 0.1) is 19.8 Å². The summed E-state index contributed by atoms with van der Waals surface area (Å²) in [7, 11) is 3.12. The molecule has 0 amide bonds. The molecular weight excluding hydrogens is 260 g/mol. The zero-order valence-electron chi connectivity index (χ0n) is 11.2. The topological polar surface area (TPSA) is 57.2 Å². The van der Waals surface area contributed by atoms with Crippen LogP contribution in [0.4, 0.5) is 0 Å². The van der Waals surface area contributed by atoms with Gasteiger partial charge < -0.3 is 24.1 Å². The van der Waals surface area contributed by atoms with Crippen molar-refractivity contribution < 1.29 is 24.1 Å². The minimum absolute atomic E-state index is 0.0688. The fourth-order valence-electron chi connectivity index (χ4n) is 2.25. The highest BCUT2D eigenvalue weighted by Crippen LogP contribution is 2.51. The molecule has 1 heterocycles. The summed E-state index contributed by atoms with van der Waals surface area (Å²) in [6, 6.07) is 8.89. The van der Waals surface area contributed by atoms with E-state index in [-0.39, 0.29) is 12.5 Å². The Morgan fingerprint density at radius 2 is 1.95 bits per heavy atom. The molecule has 2 aromatic rings. The molecule has 0 saturated carbocycles. The quantitative estimate of drug-likeness (QED) is 0.932. The zero-order valence-corrected chi connectivity index (χ0v) is 11.2. The SMILES string of the molecule is COc1cccc(-c2c(O)cc3c(c2OC)OCO3)c1. The van der Waals surface area contributed by atoms with Crippen LogP contribution >= 0.6 is 0 Å². The largest absolute Gasteiger partial charge is 0.507 e. The van der Waals surface area contributed by atoms with E-state index in [4.69, 9.17) is 18.9 Å². The van der Waals surface area contributed by atoms with Crippen LogP contribution in [-0.4, -0.2) is 26.1 Å². The highest BCUT2D eigenvalue weighted by molar-refractivity contribution is 5.82. The van der Waals surface area contributed by atoms with Gasteiger partial charge >= 0.3 is 0 Å². The maximum absolute atomic E-state index is 10.2. The van der Waals surface area contributed by atoms with Gasteiger partial charge in [0.2, 0.25) is 12.5 Å². The number of ether oxygens (including phenoxy) is 4. The number of phenols is 1. The average molecular weight is 274 g/mol. The predicted octanol–water partition coefficient (Wildman–Crippen LogP) is 2.81. The predicted molar refractivity (Wildman–Crippen MR) is 72.8 cm³/mol. The molecule has 3 rings (SSSR count). The van der Waals surface area contributed by atoms with E-state index in [1.807, 2.05) is 24.3 Å². The summed E-state index contributed by atoms with van der Waals surface area (Å²) in [6.07, 6.45) is 0. The molecule has 0 spiro atoms. The van der Waals surface area contributed by atoms with Gasteiger partial charge in [0.1, 0.15) is 11.5 Å². The van der Waals surface area contributed by atoms with Crippen LogP contribution in [0.5, 0.6) is 28.7 Å². The van der Waals surface area contributed by atoms with Crippen molar-refractivity contribution >= 4 is 0 Å². The number of hydrogen-bond donors (Lipinski definition) is 1. The van der Waals surface area contributed by atoms with Gasteiger partial charge in [0.15, 0.2) is 11.5 Å². The lowest BCUT2D eigenvalue weighted by Crippen LogP contribution is -1.95. The number of aromatic hydroxyl groups is 1. The minimum Gasteiger partial charge on any atom is -0.507 e. The molecule has 20 heavy (non-hydrogen) atoms. The van der Waals surface area contributed by atoms with Crippen LogP contribution in [0.1, 0.15) is 0 Å². The van der Waals surface area contributed by atoms with E-state index in [9.17, 15) is 5.11 Å². The first-order valence-corrected chi connectivity index (χ1v) is 6.08. The Morgan fingerprint density at radius 3 is 2.70 bits per heavy atom. The van der Waals surface area contributed by atoms with E-state index in [0.717, 1.165) is 5.56 Å². The molecule has 0 bridgehead atoms. The average Bonchev–Trinajstić information content (AvgIpc) is 2.93. The number of phenolic OH excluding ortho intramolecular Hbond substituents is 1. The maximum atomic E-state index is 10.2. The monoisotopic (exact) mass is 274 g/mol. The van der Waals surface area contributed by atoms with Crippen LogP contribution in [0.25, 0.3) is 11.1 Å². The number of benzene rings is 2. The number of hydrogen-bond acceptors (Lipinski definition) is 5. The van der Waals surface area contributed by atoms with Crippen molar-refractivity contribution in [1.29, 1.82) is 0 Å². The van der Waals surface area contributed by atoms with Crippen molar-refractivity contribution in [2.45, 2.75) is 0 Å². The van der Waals surface area contributed by atoms with Gasteiger partial charge in [-0.2, -0.15) is 0 Å². The molecule has 0 radical (unpaired) electrons. The molecule has 5 heteroatoms. The van der Waals surface area contributed by atoms with Crippen molar-refractivity contribution in [1.82, 2.24) is 0 Å². The summed E-state index contributed by atoms with van der Waals surface area (Å²) < 4.78 is 21.3. The van der Waals surface area contributed by atoms with Gasteiger partial charge in [-0.3, -0.25) is 0 Å². The van der Waals surface area contributed by atoms with E-state index >= 15 is 0 Å². The molecule has 0 saturated heterocycles. The van der Waals surface area contributed by atoms with Gasteiger partial charge in [-0.05, 0) is 17.7 Å². The van der Waals surface area contributed by atoms with Gasteiger partial charge in [-0.1, -0.05) is 12.1 Å². The molecule has 1 aliphatic heterocycles. The third kappa shape index (κ3) is 1.87. The van der Waals surface area contributed by atoms with E-state index in [2.05, 4.69) is 0 Å². The lowest BCUT2D eigenvalue weighted by atomic mass is 10.0. The van der Waals surface area contributed by atoms with E-state index < -0.39 is 0 Å². The van der Waals surface area contributed by atoms with Crippen molar-refractivity contribution in [2.24, 2.45) is 0 Å². The number of methoxy groups -OCH3 is 2. The normalized spacial score (nSPS) is 12.3. The molecule has 0 unspecified atom stereocenters. The molecule has 104 valence electrons. The Morgan fingerprint density at radius 1 is 1.10 bits per heavy atom. The second-order valence-corrected chi connectivity index (χ2v) is 4.27. The first-order chi connectivity index (χ1) is 9.74. The maximum Gasteiger partial charge on any atom is 0.231 e. The fourth-order valence-corrected chi connectivity index (χ4v) is 2.25. The summed E-state index contributed by atoms with van der Waals surface area (Å²) in [5.74, 6) is 2.20. The van der Waals surface area contributed by atoms with Crippen molar-refractivity contribution in [2.75, 3.05) is 21.0 Å². The van der Waals surface area contributed by atoms with Gasteiger partial charge in [-0.25, -0.2) is 0 Å². The van der Waals surface area contributed by atoms with Crippen molar-refractivity contribution in [3.05, 3.63) is 30.3 Å². The van der Waals surface area contributed by atoms with Crippen LogP contribution < -0.4 is 18.9 Å². The standard InChI is InChI=1S/C15H14O5/c1-17-10-5-3-4-9(6-10)13-11(16)7-12-14(15(13)18-2)20-8-19-12/h3-7,16H,8H2,1-2H3. The molecule has 0 aliphatic carbocycles. The summed E-state index contributed by atoms with van der Waals surface area (Å²) in [5, 5.41) is 10.2. The Kier molecular flexibility index (Phi) is 3.02. The zero-order chi connectivity index (χ0) is 14.1. The third-order valence-corrected chi connectivity index (χ3v) is 3.16.